The van der Waals surface area contributed by atoms with Crippen molar-refractivity contribution in [2.24, 2.45) is 0 Å². The first-order valence-corrected chi connectivity index (χ1v) is 11.2. The van der Waals surface area contributed by atoms with Gasteiger partial charge in [0.05, 0.1) is 32.5 Å². The van der Waals surface area contributed by atoms with Crippen LogP contribution < -0.4 is 4.74 Å². The number of phenolic OH excluding ortho intramolecular Hbond substituents is 1. The van der Waals surface area contributed by atoms with Crippen LogP contribution in [0, 0.1) is 0 Å². The normalized spacial score (nSPS) is 38.8. The molecule has 13 heteroatoms. The molecule has 0 aromatic heterocycles. The van der Waals surface area contributed by atoms with E-state index in [1.807, 2.05) is 0 Å². The molecule has 0 amide bonds. The second kappa shape index (κ2) is 12.1. The number of hydrogen-bond acceptors (Lipinski definition) is 13. The van der Waals surface area contributed by atoms with E-state index < -0.39 is 80.7 Å². The third-order valence-electron chi connectivity index (χ3n) is 6.14. The number of aliphatic hydroxyl groups is 7. The molecule has 35 heavy (non-hydrogen) atoms. The summed E-state index contributed by atoms with van der Waals surface area (Å²) in [5.41, 5.74) is 0.641. The Hall–Kier alpha value is -1.62. The second-order valence-corrected chi connectivity index (χ2v) is 8.68. The molecule has 200 valence electrons. The van der Waals surface area contributed by atoms with Crippen molar-refractivity contribution in [3.05, 3.63) is 23.8 Å². The van der Waals surface area contributed by atoms with Gasteiger partial charge in [0.1, 0.15) is 42.7 Å². The van der Waals surface area contributed by atoms with Crippen LogP contribution in [0.3, 0.4) is 0 Å². The van der Waals surface area contributed by atoms with Gasteiger partial charge in [-0.3, -0.25) is 0 Å². The minimum absolute atomic E-state index is 0.0628. The lowest BCUT2D eigenvalue weighted by molar-refractivity contribution is -0.334. The predicted octanol–water partition coefficient (Wildman–Crippen LogP) is -3.03. The first kappa shape index (κ1) is 28.0. The number of aliphatic hydroxyl groups excluding tert-OH is 7. The lowest BCUT2D eigenvalue weighted by atomic mass is 9.98. The van der Waals surface area contributed by atoms with Gasteiger partial charge in [0.2, 0.25) is 0 Å². The molecule has 1 aromatic carbocycles. The summed E-state index contributed by atoms with van der Waals surface area (Å²) in [4.78, 5) is 0. The molecule has 2 fully saturated rings. The van der Waals surface area contributed by atoms with Gasteiger partial charge < -0.3 is 64.5 Å². The van der Waals surface area contributed by atoms with E-state index in [1.165, 1.54) is 20.1 Å². The van der Waals surface area contributed by atoms with E-state index in [4.69, 9.17) is 23.7 Å². The Balaban J connectivity index is 1.63. The zero-order valence-corrected chi connectivity index (χ0v) is 19.3. The monoisotopic (exact) mass is 506 g/mol. The lowest BCUT2D eigenvalue weighted by Gasteiger charge is -2.43. The summed E-state index contributed by atoms with van der Waals surface area (Å²) in [5.74, 6) is 0.162. The molecule has 2 saturated heterocycles. The summed E-state index contributed by atoms with van der Waals surface area (Å²) in [6.07, 6.45) is -15.0. The Morgan fingerprint density at radius 1 is 0.886 bits per heavy atom. The SMILES string of the molecule is COc1cc(CC(CO)OC2OC(COC3OC(C)C(O)C(O)C3O)C(O)C(O)C2O)ccc1O. The van der Waals surface area contributed by atoms with Gasteiger partial charge in [-0.1, -0.05) is 6.07 Å². The molecule has 13 nitrogen and oxygen atoms in total. The van der Waals surface area contributed by atoms with E-state index in [-0.39, 0.29) is 17.9 Å². The molecule has 2 heterocycles. The third kappa shape index (κ3) is 6.39. The minimum atomic E-state index is -1.68. The zero-order chi connectivity index (χ0) is 25.9. The van der Waals surface area contributed by atoms with Crippen molar-refractivity contribution in [3.63, 3.8) is 0 Å². The predicted molar refractivity (Wildman–Crippen MR) is 115 cm³/mol. The van der Waals surface area contributed by atoms with E-state index in [1.54, 1.807) is 12.1 Å². The Kier molecular flexibility index (Phi) is 9.65. The highest BCUT2D eigenvalue weighted by atomic mass is 16.7. The van der Waals surface area contributed by atoms with Crippen LogP contribution in [-0.4, -0.2) is 129 Å². The first-order valence-electron chi connectivity index (χ1n) is 11.2. The van der Waals surface area contributed by atoms with Crippen LogP contribution in [0.25, 0.3) is 0 Å². The number of benzene rings is 1. The molecule has 2 aliphatic heterocycles. The lowest BCUT2D eigenvalue weighted by Crippen LogP contribution is -2.61. The third-order valence-corrected chi connectivity index (χ3v) is 6.14. The van der Waals surface area contributed by atoms with E-state index in [0.717, 1.165) is 0 Å². The second-order valence-electron chi connectivity index (χ2n) is 8.68. The number of methoxy groups -OCH3 is 1. The Morgan fingerprint density at radius 3 is 2.20 bits per heavy atom. The highest BCUT2D eigenvalue weighted by molar-refractivity contribution is 5.41. The van der Waals surface area contributed by atoms with Crippen molar-refractivity contribution >= 4 is 0 Å². The molecule has 11 atom stereocenters. The van der Waals surface area contributed by atoms with Crippen LogP contribution >= 0.6 is 0 Å². The average molecular weight is 507 g/mol. The van der Waals surface area contributed by atoms with Crippen molar-refractivity contribution in [1.29, 1.82) is 0 Å². The summed E-state index contributed by atoms with van der Waals surface area (Å²) >= 11 is 0. The average Bonchev–Trinajstić information content (AvgIpc) is 2.85. The standard InChI is InChI=1S/C22H34O13/c1-9-15(25)17(27)19(29)21(33-9)32-8-14-16(26)18(28)20(30)22(35-14)34-11(7-23)5-10-3-4-12(24)13(6-10)31-2/h3-4,6,9,11,14-30H,5,7-8H2,1-2H3. The maximum Gasteiger partial charge on any atom is 0.187 e. The maximum absolute atomic E-state index is 10.4. The van der Waals surface area contributed by atoms with E-state index in [9.17, 15) is 40.9 Å². The molecule has 11 unspecified atom stereocenters. The van der Waals surface area contributed by atoms with Crippen LogP contribution in [0.1, 0.15) is 12.5 Å². The fourth-order valence-corrected chi connectivity index (χ4v) is 3.96. The summed E-state index contributed by atoms with van der Waals surface area (Å²) < 4.78 is 27.1. The maximum atomic E-state index is 10.4. The zero-order valence-electron chi connectivity index (χ0n) is 19.3. The minimum Gasteiger partial charge on any atom is -0.504 e. The molecule has 0 radical (unpaired) electrons. The number of phenols is 1. The topological polar surface area (TPSA) is 208 Å². The highest BCUT2D eigenvalue weighted by Gasteiger charge is 2.47. The highest BCUT2D eigenvalue weighted by Crippen LogP contribution is 2.29. The molecule has 1 aromatic rings. The Labute approximate surface area is 201 Å². The summed E-state index contributed by atoms with van der Waals surface area (Å²) in [6.45, 7) is 0.571. The smallest absolute Gasteiger partial charge is 0.187 e. The number of ether oxygens (including phenoxy) is 5. The van der Waals surface area contributed by atoms with Crippen molar-refractivity contribution in [3.8, 4) is 11.5 Å². The van der Waals surface area contributed by atoms with Gasteiger partial charge in [0.25, 0.3) is 0 Å². The summed E-state index contributed by atoms with van der Waals surface area (Å²) in [7, 11) is 1.39. The van der Waals surface area contributed by atoms with E-state index >= 15 is 0 Å². The van der Waals surface area contributed by atoms with Gasteiger partial charge in [-0.15, -0.1) is 0 Å². The van der Waals surface area contributed by atoms with E-state index in [2.05, 4.69) is 0 Å². The molecular weight excluding hydrogens is 472 g/mol. The molecule has 0 bridgehead atoms. The molecule has 2 aliphatic rings. The van der Waals surface area contributed by atoms with Crippen LogP contribution in [0.2, 0.25) is 0 Å². The van der Waals surface area contributed by atoms with Gasteiger partial charge in [0.15, 0.2) is 24.1 Å². The van der Waals surface area contributed by atoms with Gasteiger partial charge in [-0.25, -0.2) is 0 Å². The van der Waals surface area contributed by atoms with E-state index in [0.29, 0.717) is 5.56 Å². The van der Waals surface area contributed by atoms with Gasteiger partial charge >= 0.3 is 0 Å². The van der Waals surface area contributed by atoms with Crippen molar-refractivity contribution < 1.29 is 64.5 Å². The van der Waals surface area contributed by atoms with Crippen LogP contribution in [-0.2, 0) is 25.4 Å². The summed E-state index contributed by atoms with van der Waals surface area (Å²) in [6, 6.07) is 4.57. The number of rotatable bonds is 9. The van der Waals surface area contributed by atoms with Crippen molar-refractivity contribution in [2.75, 3.05) is 20.3 Å². The molecule has 8 N–H and O–H groups in total. The largest absolute Gasteiger partial charge is 0.504 e. The Morgan fingerprint density at radius 2 is 1.54 bits per heavy atom. The van der Waals surface area contributed by atoms with Gasteiger partial charge in [-0.2, -0.15) is 0 Å². The van der Waals surface area contributed by atoms with Crippen molar-refractivity contribution in [2.45, 2.75) is 80.9 Å². The van der Waals surface area contributed by atoms with Crippen molar-refractivity contribution in [1.82, 2.24) is 0 Å². The molecular formula is C22H34O13. The molecule has 0 spiro atoms. The Bertz CT molecular complexity index is 810. The fourth-order valence-electron chi connectivity index (χ4n) is 3.96. The molecule has 0 saturated carbocycles. The van der Waals surface area contributed by atoms with Crippen LogP contribution in [0.5, 0.6) is 11.5 Å². The van der Waals surface area contributed by atoms with Crippen LogP contribution in [0.15, 0.2) is 18.2 Å². The van der Waals surface area contributed by atoms with Gasteiger partial charge in [0, 0.05) is 6.42 Å². The first-order chi connectivity index (χ1) is 16.6. The quantitative estimate of drug-likeness (QED) is 0.168. The van der Waals surface area contributed by atoms with Gasteiger partial charge in [-0.05, 0) is 24.6 Å². The van der Waals surface area contributed by atoms with Crippen LogP contribution in [0.4, 0.5) is 0 Å². The molecule has 3 rings (SSSR count). The number of hydrogen-bond donors (Lipinski definition) is 8. The fraction of sp³-hybridized carbons (Fsp3) is 0.727. The summed E-state index contributed by atoms with van der Waals surface area (Å²) in [5, 5.41) is 80.3. The number of aromatic hydroxyl groups is 1. The molecule has 0 aliphatic carbocycles.